The number of amides is 2. The molecule has 8 nitrogen and oxygen atoms in total. The van der Waals surface area contributed by atoms with E-state index in [1.807, 2.05) is 29.3 Å². The zero-order valence-corrected chi connectivity index (χ0v) is 17.0. The van der Waals surface area contributed by atoms with E-state index in [1.165, 1.54) is 6.26 Å². The smallest absolute Gasteiger partial charge is 0.289 e. The van der Waals surface area contributed by atoms with Crippen LogP contribution >= 0.6 is 0 Å². The summed E-state index contributed by atoms with van der Waals surface area (Å²) >= 11 is 0. The fourth-order valence-electron chi connectivity index (χ4n) is 4.56. The molecule has 0 unspecified atom stereocenters. The second-order valence-corrected chi connectivity index (χ2v) is 7.97. The number of fused-ring (bicyclic) bond motifs is 4. The van der Waals surface area contributed by atoms with Crippen LogP contribution in [-0.2, 0) is 10.3 Å². The number of rotatable bonds is 3. The lowest BCUT2D eigenvalue weighted by atomic mass is 9.88. The maximum Gasteiger partial charge on any atom is 0.289 e. The van der Waals surface area contributed by atoms with E-state index in [1.54, 1.807) is 37.3 Å². The summed E-state index contributed by atoms with van der Waals surface area (Å²) in [6, 6.07) is 11.3. The molecule has 0 aromatic carbocycles. The van der Waals surface area contributed by atoms with Crippen LogP contribution in [0.2, 0.25) is 0 Å². The lowest BCUT2D eigenvalue weighted by Crippen LogP contribution is -2.55. The van der Waals surface area contributed by atoms with E-state index in [-0.39, 0.29) is 18.4 Å². The molecule has 0 aliphatic carbocycles. The van der Waals surface area contributed by atoms with Gasteiger partial charge in [0.2, 0.25) is 5.91 Å². The van der Waals surface area contributed by atoms with Gasteiger partial charge in [-0.25, -0.2) is 4.98 Å². The summed E-state index contributed by atoms with van der Waals surface area (Å²) < 4.78 is 7.41. The molecule has 5 heterocycles. The molecule has 8 heteroatoms. The number of likely N-dealkylation sites (tertiary alicyclic amines) is 1. The summed E-state index contributed by atoms with van der Waals surface area (Å²) in [4.78, 5) is 35.9. The number of furan rings is 1. The molecular weight excluding hydrogens is 382 g/mol. The normalized spacial score (nSPS) is 19.7. The van der Waals surface area contributed by atoms with Gasteiger partial charge in [-0.1, -0.05) is 0 Å². The molecule has 1 atom stereocenters. The maximum atomic E-state index is 13.0. The first kappa shape index (κ1) is 18.5. The quantitative estimate of drug-likeness (QED) is 0.667. The van der Waals surface area contributed by atoms with Crippen molar-refractivity contribution < 1.29 is 14.0 Å². The Kier molecular flexibility index (Phi) is 4.16. The van der Waals surface area contributed by atoms with Crippen LogP contribution in [0.4, 0.5) is 5.69 Å². The number of pyridine rings is 1. The van der Waals surface area contributed by atoms with Gasteiger partial charge < -0.3 is 23.7 Å². The minimum atomic E-state index is -0.520. The highest BCUT2D eigenvalue weighted by atomic mass is 16.3. The summed E-state index contributed by atoms with van der Waals surface area (Å²) in [5.41, 5.74) is 1.41. The first-order valence-electron chi connectivity index (χ1n) is 9.95. The largest absolute Gasteiger partial charge is 0.459 e. The summed E-state index contributed by atoms with van der Waals surface area (Å²) in [7, 11) is 3.51. The molecule has 5 rings (SSSR count). The predicted octanol–water partition coefficient (Wildman–Crippen LogP) is 2.11. The van der Waals surface area contributed by atoms with E-state index in [4.69, 9.17) is 4.42 Å². The Morgan fingerprint density at radius 1 is 1.20 bits per heavy atom. The summed E-state index contributed by atoms with van der Waals surface area (Å²) in [5, 5.41) is 0. The Morgan fingerprint density at radius 3 is 2.83 bits per heavy atom. The number of anilines is 1. The van der Waals surface area contributed by atoms with Crippen molar-refractivity contribution in [1.82, 2.24) is 19.4 Å². The van der Waals surface area contributed by atoms with E-state index in [0.717, 1.165) is 17.2 Å². The maximum absolute atomic E-state index is 13.0. The van der Waals surface area contributed by atoms with Crippen molar-refractivity contribution in [2.45, 2.75) is 12.0 Å². The fourth-order valence-corrected chi connectivity index (χ4v) is 4.56. The molecular formula is C22H23N5O3. The van der Waals surface area contributed by atoms with Gasteiger partial charge in [-0.3, -0.25) is 9.59 Å². The van der Waals surface area contributed by atoms with Gasteiger partial charge in [-0.2, -0.15) is 0 Å². The zero-order valence-electron chi connectivity index (χ0n) is 17.0. The van der Waals surface area contributed by atoms with E-state index in [2.05, 4.69) is 20.5 Å². The molecule has 0 radical (unpaired) electrons. The monoisotopic (exact) mass is 405 g/mol. The number of nitrogens with zero attached hydrogens (tertiary/aromatic N) is 5. The Bertz CT molecular complexity index is 1100. The average molecular weight is 405 g/mol. The number of carbonyl (C=O) groups is 2. The van der Waals surface area contributed by atoms with Crippen LogP contribution in [0, 0.1) is 0 Å². The highest BCUT2D eigenvalue weighted by Gasteiger charge is 2.51. The van der Waals surface area contributed by atoms with Gasteiger partial charge in [0.1, 0.15) is 5.54 Å². The molecule has 2 aliphatic rings. The highest BCUT2D eigenvalue weighted by Crippen LogP contribution is 2.47. The number of hydrogen-bond acceptors (Lipinski definition) is 5. The van der Waals surface area contributed by atoms with Crippen molar-refractivity contribution in [3.8, 4) is 5.82 Å². The van der Waals surface area contributed by atoms with Crippen molar-refractivity contribution in [3.05, 3.63) is 66.5 Å². The lowest BCUT2D eigenvalue weighted by molar-refractivity contribution is -0.127. The van der Waals surface area contributed by atoms with Crippen LogP contribution in [0.25, 0.3) is 5.82 Å². The molecule has 2 aliphatic heterocycles. The Morgan fingerprint density at radius 2 is 2.07 bits per heavy atom. The highest BCUT2D eigenvalue weighted by molar-refractivity contribution is 5.92. The number of carbonyl (C=O) groups excluding carboxylic acids is 2. The fraction of sp³-hybridized carbons (Fsp3) is 0.318. The molecule has 1 fully saturated rings. The molecule has 0 N–H and O–H groups in total. The third kappa shape index (κ3) is 2.63. The zero-order chi connectivity index (χ0) is 20.9. The van der Waals surface area contributed by atoms with Crippen LogP contribution < -0.4 is 4.90 Å². The van der Waals surface area contributed by atoms with Gasteiger partial charge >= 0.3 is 0 Å². The van der Waals surface area contributed by atoms with Gasteiger partial charge in [-0.15, -0.1) is 0 Å². The van der Waals surface area contributed by atoms with Crippen molar-refractivity contribution in [1.29, 1.82) is 0 Å². The second-order valence-electron chi connectivity index (χ2n) is 7.97. The van der Waals surface area contributed by atoms with Crippen LogP contribution in [0.1, 0.15) is 22.7 Å². The first-order chi connectivity index (χ1) is 14.5. The minimum Gasteiger partial charge on any atom is -0.459 e. The van der Waals surface area contributed by atoms with Gasteiger partial charge in [-0.05, 0) is 42.8 Å². The second kappa shape index (κ2) is 6.76. The van der Waals surface area contributed by atoms with Crippen molar-refractivity contribution >= 4 is 17.5 Å². The third-order valence-electron chi connectivity index (χ3n) is 6.09. The minimum absolute atomic E-state index is 0.00000436. The average Bonchev–Trinajstić information content (AvgIpc) is 3.51. The molecule has 3 aromatic heterocycles. The molecule has 154 valence electrons. The van der Waals surface area contributed by atoms with Crippen LogP contribution in [0.3, 0.4) is 0 Å². The SMILES string of the molecule is CN(C)C(=O)CN1c2cccnc2-n2cccc2[C@@]12CCN(C(=O)c1ccco1)C2. The molecule has 30 heavy (non-hydrogen) atoms. The molecule has 0 bridgehead atoms. The van der Waals surface area contributed by atoms with Crippen molar-refractivity contribution in [3.63, 3.8) is 0 Å². The summed E-state index contributed by atoms with van der Waals surface area (Å²) in [6.07, 6.45) is 5.96. The van der Waals surface area contributed by atoms with Gasteiger partial charge in [0.15, 0.2) is 11.6 Å². The Balaban J connectivity index is 1.60. The third-order valence-corrected chi connectivity index (χ3v) is 6.09. The number of aromatic nitrogens is 2. The number of likely N-dealkylation sites (N-methyl/N-ethyl adjacent to an activating group) is 1. The molecule has 1 spiro atoms. The van der Waals surface area contributed by atoms with Gasteiger partial charge in [0.25, 0.3) is 5.91 Å². The summed E-state index contributed by atoms with van der Waals surface area (Å²) in [5.74, 6) is 0.993. The molecule has 2 amide bonds. The first-order valence-corrected chi connectivity index (χ1v) is 9.95. The van der Waals surface area contributed by atoms with Gasteiger partial charge in [0, 0.05) is 33.0 Å². The topological polar surface area (TPSA) is 74.8 Å². The van der Waals surface area contributed by atoms with E-state index < -0.39 is 5.54 Å². The standard InChI is InChI=1S/C22H23N5O3/c1-24(2)19(28)14-27-16-6-3-10-23-20(16)26-11-4-8-18(26)22(27)9-12-25(15-22)21(29)17-7-5-13-30-17/h3-8,10-11,13H,9,12,14-15H2,1-2H3/t22-/m0/s1. The van der Waals surface area contributed by atoms with E-state index in [0.29, 0.717) is 25.3 Å². The molecule has 0 saturated carbocycles. The lowest BCUT2D eigenvalue weighted by Gasteiger charge is -2.46. The van der Waals surface area contributed by atoms with E-state index in [9.17, 15) is 9.59 Å². The Labute approximate surface area is 174 Å². The van der Waals surface area contributed by atoms with Crippen LogP contribution in [0.5, 0.6) is 0 Å². The molecule has 1 saturated heterocycles. The summed E-state index contributed by atoms with van der Waals surface area (Å²) in [6.45, 7) is 1.25. The van der Waals surface area contributed by atoms with Gasteiger partial charge in [0.05, 0.1) is 30.7 Å². The van der Waals surface area contributed by atoms with Crippen molar-refractivity contribution in [2.24, 2.45) is 0 Å². The number of hydrogen-bond donors (Lipinski definition) is 0. The van der Waals surface area contributed by atoms with Crippen molar-refractivity contribution in [2.75, 3.05) is 38.6 Å². The van der Waals surface area contributed by atoms with Crippen LogP contribution in [-0.4, -0.2) is 64.9 Å². The predicted molar refractivity (Wildman–Crippen MR) is 111 cm³/mol. The van der Waals surface area contributed by atoms with Crippen LogP contribution in [0.15, 0.2) is 59.5 Å². The molecule has 3 aromatic rings. The van der Waals surface area contributed by atoms with E-state index >= 15 is 0 Å². The Hall–Kier alpha value is -3.55.